The van der Waals surface area contributed by atoms with E-state index < -0.39 is 44.8 Å². The van der Waals surface area contributed by atoms with Gasteiger partial charge in [-0.15, -0.1) is 0 Å². The predicted molar refractivity (Wildman–Crippen MR) is 87.8 cm³/mol. The van der Waals surface area contributed by atoms with Crippen molar-refractivity contribution in [1.82, 2.24) is 4.31 Å². The van der Waals surface area contributed by atoms with Crippen LogP contribution in [0.15, 0.2) is 41.3 Å². The Bertz CT molecular complexity index is 935. The van der Waals surface area contributed by atoms with Crippen molar-refractivity contribution >= 4 is 21.6 Å². The Labute approximate surface area is 148 Å². The fourth-order valence-corrected chi connectivity index (χ4v) is 3.37. The smallest absolute Gasteiger partial charge is 0.247 e. The molecule has 2 aromatic rings. The fraction of sp³-hybridized carbons (Fsp3) is 0.188. The molecular formula is C16H15F3N2O4S. The monoisotopic (exact) mass is 388 g/mol. The van der Waals surface area contributed by atoms with Crippen molar-refractivity contribution in [2.24, 2.45) is 0 Å². The molecule has 0 bridgehead atoms. The summed E-state index contributed by atoms with van der Waals surface area (Å²) in [6.45, 7) is -0.638. The summed E-state index contributed by atoms with van der Waals surface area (Å²) >= 11 is 0. The summed E-state index contributed by atoms with van der Waals surface area (Å²) in [5.41, 5.74) is -0.0389. The van der Waals surface area contributed by atoms with Gasteiger partial charge in [-0.1, -0.05) is 0 Å². The average molecular weight is 388 g/mol. The maximum Gasteiger partial charge on any atom is 0.247 e. The number of rotatable bonds is 6. The number of carbonyl (C=O) groups is 1. The zero-order valence-corrected chi connectivity index (χ0v) is 14.6. The summed E-state index contributed by atoms with van der Waals surface area (Å²) in [6.07, 6.45) is 0. The van der Waals surface area contributed by atoms with Gasteiger partial charge in [0.15, 0.2) is 11.6 Å². The van der Waals surface area contributed by atoms with Crippen molar-refractivity contribution in [1.29, 1.82) is 0 Å². The van der Waals surface area contributed by atoms with E-state index in [-0.39, 0.29) is 11.4 Å². The molecule has 10 heteroatoms. The molecule has 1 N–H and O–H groups in total. The summed E-state index contributed by atoms with van der Waals surface area (Å²) < 4.78 is 70.1. The number of anilines is 1. The van der Waals surface area contributed by atoms with Gasteiger partial charge in [-0.05, 0) is 30.3 Å². The molecule has 0 aliphatic rings. The van der Waals surface area contributed by atoms with E-state index in [2.05, 4.69) is 5.32 Å². The number of sulfonamides is 1. The average Bonchev–Trinajstić information content (AvgIpc) is 2.58. The number of hydrogen-bond acceptors (Lipinski definition) is 4. The van der Waals surface area contributed by atoms with Gasteiger partial charge in [0, 0.05) is 18.8 Å². The molecule has 6 nitrogen and oxygen atoms in total. The molecule has 0 saturated carbocycles. The molecule has 2 rings (SSSR count). The molecule has 0 aliphatic carbocycles. The van der Waals surface area contributed by atoms with E-state index in [4.69, 9.17) is 4.74 Å². The highest BCUT2D eigenvalue weighted by atomic mass is 32.2. The van der Waals surface area contributed by atoms with Gasteiger partial charge in [-0.25, -0.2) is 21.6 Å². The molecule has 0 spiro atoms. The lowest BCUT2D eigenvalue weighted by Gasteiger charge is -2.18. The number of ether oxygens (including phenoxy) is 1. The maximum atomic E-state index is 13.4. The van der Waals surface area contributed by atoms with Crippen molar-refractivity contribution < 1.29 is 31.1 Å². The number of nitrogens with zero attached hydrogens (tertiary/aromatic N) is 1. The predicted octanol–water partition coefficient (Wildman–Crippen LogP) is 2.37. The Balaban J connectivity index is 2.17. The number of nitrogens with one attached hydrogen (secondary N) is 1. The van der Waals surface area contributed by atoms with Crippen LogP contribution in [-0.4, -0.2) is 39.3 Å². The van der Waals surface area contributed by atoms with E-state index >= 15 is 0 Å². The van der Waals surface area contributed by atoms with Crippen molar-refractivity contribution in [3.05, 3.63) is 53.8 Å². The Hall–Kier alpha value is -2.59. The topological polar surface area (TPSA) is 75.7 Å². The molecule has 0 atom stereocenters. The van der Waals surface area contributed by atoms with Gasteiger partial charge in [0.25, 0.3) is 0 Å². The van der Waals surface area contributed by atoms with Gasteiger partial charge in [0.05, 0.1) is 13.7 Å². The third-order valence-electron chi connectivity index (χ3n) is 3.38. The molecule has 26 heavy (non-hydrogen) atoms. The lowest BCUT2D eigenvalue weighted by atomic mass is 10.3. The third-order valence-corrected chi connectivity index (χ3v) is 5.21. The highest BCUT2D eigenvalue weighted by Crippen LogP contribution is 2.26. The van der Waals surface area contributed by atoms with Crippen LogP contribution in [0, 0.1) is 17.5 Å². The first-order valence-electron chi connectivity index (χ1n) is 7.20. The number of amides is 1. The normalized spacial score (nSPS) is 11.5. The second-order valence-corrected chi connectivity index (χ2v) is 7.25. The Morgan fingerprint density at radius 1 is 1.12 bits per heavy atom. The number of likely N-dealkylation sites (N-methyl/N-ethyl adjacent to an activating group) is 1. The third kappa shape index (κ3) is 4.33. The van der Waals surface area contributed by atoms with Crippen LogP contribution in [-0.2, 0) is 14.8 Å². The van der Waals surface area contributed by atoms with Gasteiger partial charge >= 0.3 is 0 Å². The zero-order chi connectivity index (χ0) is 19.5. The minimum atomic E-state index is -4.23. The van der Waals surface area contributed by atoms with Gasteiger partial charge in [0.1, 0.15) is 16.5 Å². The SMILES string of the molecule is COc1ccc(F)cc1S(=O)(=O)N(C)CC(=O)Nc1ccc(F)c(F)c1. The van der Waals surface area contributed by atoms with Crippen LogP contribution < -0.4 is 10.1 Å². The molecule has 0 radical (unpaired) electrons. The van der Waals surface area contributed by atoms with Crippen LogP contribution in [0.3, 0.4) is 0 Å². The molecule has 1 amide bonds. The van der Waals surface area contributed by atoms with Crippen LogP contribution in [0.1, 0.15) is 0 Å². The van der Waals surface area contributed by atoms with Crippen LogP contribution in [0.5, 0.6) is 5.75 Å². The lowest BCUT2D eigenvalue weighted by molar-refractivity contribution is -0.116. The van der Waals surface area contributed by atoms with E-state index in [0.29, 0.717) is 4.31 Å². The standard InChI is InChI=1S/C16H15F3N2O4S/c1-21(9-16(22)20-11-4-5-12(18)13(19)8-11)26(23,24)15-7-10(17)3-6-14(15)25-2/h3-8H,9H2,1-2H3,(H,20,22). The summed E-state index contributed by atoms with van der Waals surface area (Å²) in [7, 11) is -1.89. The Morgan fingerprint density at radius 3 is 2.42 bits per heavy atom. The minimum Gasteiger partial charge on any atom is -0.495 e. The molecule has 0 aliphatic heterocycles. The number of methoxy groups -OCH3 is 1. The van der Waals surface area contributed by atoms with Gasteiger partial charge < -0.3 is 10.1 Å². The van der Waals surface area contributed by atoms with E-state index in [1.54, 1.807) is 0 Å². The van der Waals surface area contributed by atoms with Crippen LogP contribution >= 0.6 is 0 Å². The fourth-order valence-electron chi connectivity index (χ4n) is 2.08. The van der Waals surface area contributed by atoms with E-state index in [1.807, 2.05) is 0 Å². The van der Waals surface area contributed by atoms with E-state index in [1.165, 1.54) is 7.11 Å². The molecule has 0 heterocycles. The number of benzene rings is 2. The summed E-state index contributed by atoms with van der Waals surface area (Å²) in [5.74, 6) is -3.91. The molecule has 2 aromatic carbocycles. The van der Waals surface area contributed by atoms with Gasteiger partial charge in [0.2, 0.25) is 15.9 Å². The number of halogens is 3. The molecular weight excluding hydrogens is 373 g/mol. The van der Waals surface area contributed by atoms with Crippen molar-refractivity contribution in [3.8, 4) is 5.75 Å². The second kappa shape index (κ2) is 7.75. The highest BCUT2D eigenvalue weighted by Gasteiger charge is 2.27. The molecule has 0 unspecified atom stereocenters. The Morgan fingerprint density at radius 2 is 1.81 bits per heavy atom. The van der Waals surface area contributed by atoms with E-state index in [9.17, 15) is 26.4 Å². The van der Waals surface area contributed by atoms with Crippen molar-refractivity contribution in [2.75, 3.05) is 26.0 Å². The first-order valence-corrected chi connectivity index (χ1v) is 8.64. The molecule has 0 fully saturated rings. The summed E-state index contributed by atoms with van der Waals surface area (Å²) in [5, 5.41) is 2.25. The Kier molecular flexibility index (Phi) is 5.88. The zero-order valence-electron chi connectivity index (χ0n) is 13.8. The van der Waals surface area contributed by atoms with E-state index in [0.717, 1.165) is 43.4 Å². The number of hydrogen-bond donors (Lipinski definition) is 1. The maximum absolute atomic E-state index is 13.4. The largest absolute Gasteiger partial charge is 0.495 e. The summed E-state index contributed by atoms with van der Waals surface area (Å²) in [4.78, 5) is 11.5. The van der Waals surface area contributed by atoms with Crippen LogP contribution in [0.4, 0.5) is 18.9 Å². The molecule has 0 aromatic heterocycles. The quantitative estimate of drug-likeness (QED) is 0.825. The van der Waals surface area contributed by atoms with Gasteiger partial charge in [-0.2, -0.15) is 4.31 Å². The first-order chi connectivity index (χ1) is 12.1. The second-order valence-electron chi connectivity index (χ2n) is 5.23. The van der Waals surface area contributed by atoms with Crippen molar-refractivity contribution in [3.63, 3.8) is 0 Å². The van der Waals surface area contributed by atoms with Crippen LogP contribution in [0.25, 0.3) is 0 Å². The number of carbonyl (C=O) groups excluding carboxylic acids is 1. The minimum absolute atomic E-state index is 0.0389. The highest BCUT2D eigenvalue weighted by molar-refractivity contribution is 7.89. The molecule has 0 saturated heterocycles. The summed E-state index contributed by atoms with van der Waals surface area (Å²) in [6, 6.07) is 5.67. The molecule has 140 valence electrons. The van der Waals surface area contributed by atoms with Crippen molar-refractivity contribution in [2.45, 2.75) is 4.90 Å². The van der Waals surface area contributed by atoms with Crippen LogP contribution in [0.2, 0.25) is 0 Å². The lowest BCUT2D eigenvalue weighted by Crippen LogP contribution is -2.35. The van der Waals surface area contributed by atoms with Gasteiger partial charge in [-0.3, -0.25) is 4.79 Å². The first kappa shape index (κ1) is 19.7.